The zero-order chi connectivity index (χ0) is 14.8. The van der Waals surface area contributed by atoms with Crippen LogP contribution in [0.4, 0.5) is 5.69 Å². The number of fused-ring (bicyclic) bond motifs is 1. The normalized spacial score (nSPS) is 20.6. The summed E-state index contributed by atoms with van der Waals surface area (Å²) in [6.45, 7) is 2.20. The maximum Gasteiger partial charge on any atom is 0.253 e. The van der Waals surface area contributed by atoms with E-state index in [0.717, 1.165) is 43.6 Å². The van der Waals surface area contributed by atoms with Crippen LogP contribution in [-0.2, 0) is 11.2 Å². The Morgan fingerprint density at radius 3 is 3.05 bits per heavy atom. The van der Waals surface area contributed by atoms with Crippen molar-refractivity contribution in [3.63, 3.8) is 0 Å². The molecule has 2 aliphatic rings. The highest BCUT2D eigenvalue weighted by Crippen LogP contribution is 2.25. The second-order valence-electron chi connectivity index (χ2n) is 5.75. The number of hydrogen-bond acceptors (Lipinski definition) is 3. The number of amides is 2. The molecular weight excluding hydrogens is 266 g/mol. The Kier molecular flexibility index (Phi) is 3.82. The predicted molar refractivity (Wildman–Crippen MR) is 81.3 cm³/mol. The number of piperidine rings is 1. The summed E-state index contributed by atoms with van der Waals surface area (Å²) in [4.78, 5) is 26.2. The molecule has 1 fully saturated rings. The van der Waals surface area contributed by atoms with Crippen molar-refractivity contribution in [3.05, 3.63) is 29.3 Å². The van der Waals surface area contributed by atoms with Crippen LogP contribution >= 0.6 is 0 Å². The average Bonchev–Trinajstić information content (AvgIpc) is 3.01. The van der Waals surface area contributed by atoms with E-state index in [-0.39, 0.29) is 17.7 Å². The number of benzene rings is 1. The summed E-state index contributed by atoms with van der Waals surface area (Å²) >= 11 is 0. The molecule has 3 rings (SSSR count). The molecule has 2 amide bonds. The molecule has 112 valence electrons. The van der Waals surface area contributed by atoms with Crippen LogP contribution in [-0.4, -0.2) is 43.4 Å². The summed E-state index contributed by atoms with van der Waals surface area (Å²) in [5.74, 6) is -0.00671. The third-order valence-electron chi connectivity index (χ3n) is 4.39. The Balaban J connectivity index is 1.74. The van der Waals surface area contributed by atoms with Gasteiger partial charge >= 0.3 is 0 Å². The van der Waals surface area contributed by atoms with Gasteiger partial charge in [0, 0.05) is 37.9 Å². The van der Waals surface area contributed by atoms with Crippen LogP contribution in [0.25, 0.3) is 0 Å². The van der Waals surface area contributed by atoms with Crippen molar-refractivity contribution in [2.45, 2.75) is 19.3 Å². The molecule has 1 aromatic carbocycles. The van der Waals surface area contributed by atoms with Gasteiger partial charge in [0.2, 0.25) is 5.91 Å². The van der Waals surface area contributed by atoms with E-state index in [4.69, 9.17) is 0 Å². The number of likely N-dealkylation sites (tertiary alicyclic amines) is 1. The minimum atomic E-state index is -0.0798. The SMILES string of the molecule is CNC(=O)C1CCCN(C(=O)c2ccc3c(c2)CCN3)C1. The van der Waals surface area contributed by atoms with Crippen molar-refractivity contribution in [2.24, 2.45) is 5.92 Å². The van der Waals surface area contributed by atoms with E-state index < -0.39 is 0 Å². The maximum atomic E-state index is 12.6. The highest BCUT2D eigenvalue weighted by atomic mass is 16.2. The highest BCUT2D eigenvalue weighted by molar-refractivity contribution is 5.95. The first-order valence-electron chi connectivity index (χ1n) is 7.56. The molecule has 2 N–H and O–H groups in total. The molecule has 1 saturated heterocycles. The van der Waals surface area contributed by atoms with E-state index in [1.165, 1.54) is 5.56 Å². The number of anilines is 1. The van der Waals surface area contributed by atoms with Gasteiger partial charge in [0.15, 0.2) is 0 Å². The number of hydrogen-bond donors (Lipinski definition) is 2. The van der Waals surface area contributed by atoms with Crippen molar-refractivity contribution >= 4 is 17.5 Å². The van der Waals surface area contributed by atoms with Crippen LogP contribution in [0.5, 0.6) is 0 Å². The highest BCUT2D eigenvalue weighted by Gasteiger charge is 2.28. The largest absolute Gasteiger partial charge is 0.384 e. The standard InChI is InChI=1S/C16H21N3O2/c1-17-15(20)13-3-2-8-19(10-13)16(21)12-4-5-14-11(9-12)6-7-18-14/h4-5,9,13,18H,2-3,6-8,10H2,1H3,(H,17,20). The lowest BCUT2D eigenvalue weighted by atomic mass is 9.96. The fourth-order valence-electron chi connectivity index (χ4n) is 3.20. The van der Waals surface area contributed by atoms with Crippen LogP contribution in [0, 0.1) is 5.92 Å². The third kappa shape index (κ3) is 2.73. The second-order valence-corrected chi connectivity index (χ2v) is 5.75. The van der Waals surface area contributed by atoms with Crippen molar-refractivity contribution in [1.29, 1.82) is 0 Å². The molecule has 0 aliphatic carbocycles. The van der Waals surface area contributed by atoms with Gasteiger partial charge in [0.25, 0.3) is 5.91 Å². The van der Waals surface area contributed by atoms with Crippen LogP contribution in [0.15, 0.2) is 18.2 Å². The number of carbonyl (C=O) groups excluding carboxylic acids is 2. The lowest BCUT2D eigenvalue weighted by Crippen LogP contribution is -2.44. The Bertz CT molecular complexity index is 571. The van der Waals surface area contributed by atoms with Gasteiger partial charge in [-0.05, 0) is 43.0 Å². The molecule has 21 heavy (non-hydrogen) atoms. The van der Waals surface area contributed by atoms with Gasteiger partial charge in [-0.15, -0.1) is 0 Å². The van der Waals surface area contributed by atoms with E-state index in [1.54, 1.807) is 7.05 Å². The van der Waals surface area contributed by atoms with Gasteiger partial charge in [-0.3, -0.25) is 9.59 Å². The van der Waals surface area contributed by atoms with Crippen molar-refractivity contribution in [1.82, 2.24) is 10.2 Å². The minimum absolute atomic E-state index is 0.0330. The van der Waals surface area contributed by atoms with Crippen LogP contribution in [0.1, 0.15) is 28.8 Å². The minimum Gasteiger partial charge on any atom is -0.384 e. The molecule has 0 aromatic heterocycles. The van der Waals surface area contributed by atoms with E-state index >= 15 is 0 Å². The van der Waals surface area contributed by atoms with Crippen LogP contribution < -0.4 is 10.6 Å². The van der Waals surface area contributed by atoms with E-state index in [0.29, 0.717) is 6.54 Å². The predicted octanol–water partition coefficient (Wildman–Crippen LogP) is 1.25. The quantitative estimate of drug-likeness (QED) is 0.860. The molecule has 0 saturated carbocycles. The number of rotatable bonds is 2. The molecule has 0 radical (unpaired) electrons. The Morgan fingerprint density at radius 1 is 1.38 bits per heavy atom. The summed E-state index contributed by atoms with van der Waals surface area (Å²) in [7, 11) is 1.65. The summed E-state index contributed by atoms with van der Waals surface area (Å²) in [5.41, 5.74) is 3.07. The summed E-state index contributed by atoms with van der Waals surface area (Å²) in [6.07, 6.45) is 2.71. The Hall–Kier alpha value is -2.04. The molecule has 0 bridgehead atoms. The first-order chi connectivity index (χ1) is 10.2. The van der Waals surface area contributed by atoms with Crippen molar-refractivity contribution in [2.75, 3.05) is 32.0 Å². The van der Waals surface area contributed by atoms with Gasteiger partial charge in [-0.2, -0.15) is 0 Å². The number of carbonyl (C=O) groups is 2. The molecule has 2 aliphatic heterocycles. The lowest BCUT2D eigenvalue weighted by Gasteiger charge is -2.32. The summed E-state index contributed by atoms with van der Waals surface area (Å²) in [5, 5.41) is 5.98. The smallest absolute Gasteiger partial charge is 0.253 e. The summed E-state index contributed by atoms with van der Waals surface area (Å²) < 4.78 is 0. The second kappa shape index (κ2) is 5.76. The van der Waals surface area contributed by atoms with E-state index in [2.05, 4.69) is 10.6 Å². The molecule has 1 atom stereocenters. The zero-order valence-electron chi connectivity index (χ0n) is 12.3. The van der Waals surface area contributed by atoms with Crippen molar-refractivity contribution in [3.8, 4) is 0 Å². The molecule has 1 unspecified atom stereocenters. The van der Waals surface area contributed by atoms with Crippen LogP contribution in [0.2, 0.25) is 0 Å². The van der Waals surface area contributed by atoms with Gasteiger partial charge < -0.3 is 15.5 Å². The number of nitrogens with zero attached hydrogens (tertiary/aromatic N) is 1. The molecular formula is C16H21N3O2. The number of nitrogens with one attached hydrogen (secondary N) is 2. The summed E-state index contributed by atoms with van der Waals surface area (Å²) in [6, 6.07) is 5.85. The third-order valence-corrected chi connectivity index (χ3v) is 4.39. The van der Waals surface area contributed by atoms with Gasteiger partial charge in [0.05, 0.1) is 5.92 Å². The first-order valence-corrected chi connectivity index (χ1v) is 7.56. The fourth-order valence-corrected chi connectivity index (χ4v) is 3.20. The zero-order valence-corrected chi connectivity index (χ0v) is 12.3. The van der Waals surface area contributed by atoms with Gasteiger partial charge in [0.1, 0.15) is 0 Å². The van der Waals surface area contributed by atoms with Gasteiger partial charge in [-0.1, -0.05) is 0 Å². The fraction of sp³-hybridized carbons (Fsp3) is 0.500. The van der Waals surface area contributed by atoms with Crippen molar-refractivity contribution < 1.29 is 9.59 Å². The first kappa shape index (κ1) is 13.9. The molecule has 2 heterocycles. The molecule has 0 spiro atoms. The lowest BCUT2D eigenvalue weighted by molar-refractivity contribution is -0.125. The molecule has 5 heteroatoms. The maximum absolute atomic E-state index is 12.6. The average molecular weight is 287 g/mol. The van der Waals surface area contributed by atoms with E-state index in [9.17, 15) is 9.59 Å². The topological polar surface area (TPSA) is 61.4 Å². The Morgan fingerprint density at radius 2 is 2.24 bits per heavy atom. The van der Waals surface area contributed by atoms with Gasteiger partial charge in [-0.25, -0.2) is 0 Å². The monoisotopic (exact) mass is 287 g/mol. The van der Waals surface area contributed by atoms with Crippen LogP contribution in [0.3, 0.4) is 0 Å². The molecule has 1 aromatic rings. The van der Waals surface area contributed by atoms with E-state index in [1.807, 2.05) is 23.1 Å². The molecule has 5 nitrogen and oxygen atoms in total. The Labute approximate surface area is 124 Å².